The lowest BCUT2D eigenvalue weighted by molar-refractivity contribution is 0.642. The molecule has 2 aromatic heterocycles. The summed E-state index contributed by atoms with van der Waals surface area (Å²) in [6, 6.07) is 30.1. The van der Waals surface area contributed by atoms with Gasteiger partial charge in [0.1, 0.15) is 11.2 Å². The normalized spacial score (nSPS) is 17.6. The molecule has 1 atom stereocenters. The Bertz CT molecular complexity index is 2570. The molecule has 224 valence electrons. The van der Waals surface area contributed by atoms with Crippen LogP contribution in [0.1, 0.15) is 53.8 Å². The van der Waals surface area contributed by atoms with Crippen molar-refractivity contribution in [2.75, 3.05) is 0 Å². The first-order valence-electron chi connectivity index (χ1n) is 16.2. The molecule has 4 nitrogen and oxygen atoms in total. The van der Waals surface area contributed by atoms with Crippen LogP contribution in [0, 0.1) is 28.6 Å². The summed E-state index contributed by atoms with van der Waals surface area (Å²) in [4.78, 5) is 0. The number of fused-ring (bicyclic) bond motifs is 8. The summed E-state index contributed by atoms with van der Waals surface area (Å²) in [6.45, 7) is 9.49. The van der Waals surface area contributed by atoms with Crippen LogP contribution in [0.25, 0.3) is 55.6 Å². The Kier molecular flexibility index (Phi) is 5.74. The molecule has 0 fully saturated rings. The second-order valence-electron chi connectivity index (χ2n) is 13.6. The zero-order chi connectivity index (χ0) is 32.0. The van der Waals surface area contributed by atoms with Gasteiger partial charge in [0.2, 0.25) is 0 Å². The summed E-state index contributed by atoms with van der Waals surface area (Å²) in [7, 11) is 0. The zero-order valence-corrected chi connectivity index (χ0v) is 26.4. The standard InChI is InChI=1S/C43H31N3O/c1-25-11-15-36-32(17-25)33-20-35-41(21-37(33)43(36,2)3)47-40-10-6-8-30(42(35)40)31-18-26(22-44)12-14-28(31)24-46-38-9-5-4-7-29(38)34-19-27(23-45)13-16-39(34)46/h4-16,18,20-21,27H,1,17,19,24H2,2-3H3. The van der Waals surface area contributed by atoms with E-state index in [0.717, 1.165) is 61.8 Å². The third-order valence-corrected chi connectivity index (χ3v) is 10.6. The Morgan fingerprint density at radius 2 is 1.77 bits per heavy atom. The van der Waals surface area contributed by atoms with Crippen LogP contribution < -0.4 is 0 Å². The molecular formula is C43H31N3O. The van der Waals surface area contributed by atoms with Gasteiger partial charge in [0.25, 0.3) is 0 Å². The fraction of sp³-hybridized carbons (Fsp3) is 0.163. The van der Waals surface area contributed by atoms with Gasteiger partial charge in [0.05, 0.1) is 23.6 Å². The lowest BCUT2D eigenvalue weighted by atomic mass is 9.79. The monoisotopic (exact) mass is 605 g/mol. The van der Waals surface area contributed by atoms with Crippen molar-refractivity contribution in [2.45, 2.75) is 38.6 Å². The molecule has 0 aliphatic heterocycles. The highest BCUT2D eigenvalue weighted by Crippen LogP contribution is 2.52. The van der Waals surface area contributed by atoms with Gasteiger partial charge in [-0.05, 0) is 99.8 Å². The maximum Gasteiger partial charge on any atom is 0.136 e. The summed E-state index contributed by atoms with van der Waals surface area (Å²) < 4.78 is 8.96. The largest absolute Gasteiger partial charge is 0.456 e. The maximum atomic E-state index is 10.0. The molecule has 47 heavy (non-hydrogen) atoms. The molecule has 6 aromatic rings. The molecule has 3 aliphatic rings. The first kappa shape index (κ1) is 27.5. The Balaban J connectivity index is 1.26. The van der Waals surface area contributed by atoms with Crippen LogP contribution in [-0.4, -0.2) is 4.57 Å². The van der Waals surface area contributed by atoms with E-state index in [1.54, 1.807) is 0 Å². The van der Waals surface area contributed by atoms with Gasteiger partial charge in [-0.3, -0.25) is 0 Å². The predicted octanol–water partition coefficient (Wildman–Crippen LogP) is 10.4. The van der Waals surface area contributed by atoms with E-state index in [4.69, 9.17) is 4.42 Å². The van der Waals surface area contributed by atoms with Gasteiger partial charge in [0, 0.05) is 39.3 Å². The van der Waals surface area contributed by atoms with E-state index in [0.29, 0.717) is 18.5 Å². The number of furan rings is 1. The van der Waals surface area contributed by atoms with Gasteiger partial charge in [-0.15, -0.1) is 0 Å². The fourth-order valence-corrected chi connectivity index (χ4v) is 8.28. The fourth-order valence-electron chi connectivity index (χ4n) is 8.28. The molecule has 3 aliphatic carbocycles. The second kappa shape index (κ2) is 9.83. The van der Waals surface area contributed by atoms with E-state index >= 15 is 0 Å². The van der Waals surface area contributed by atoms with Crippen molar-refractivity contribution in [1.29, 1.82) is 10.5 Å². The molecule has 1 unspecified atom stereocenters. The molecule has 2 heterocycles. The maximum absolute atomic E-state index is 10.0. The molecule has 0 N–H and O–H groups in total. The quantitative estimate of drug-likeness (QED) is 0.202. The van der Waals surface area contributed by atoms with Gasteiger partial charge < -0.3 is 8.98 Å². The van der Waals surface area contributed by atoms with Crippen LogP contribution in [0.4, 0.5) is 0 Å². The molecule has 0 saturated heterocycles. The van der Waals surface area contributed by atoms with Crippen molar-refractivity contribution in [3.8, 4) is 23.3 Å². The second-order valence-corrected chi connectivity index (χ2v) is 13.6. The summed E-state index contributed by atoms with van der Waals surface area (Å²) in [5.74, 6) is -0.124. The lowest BCUT2D eigenvalue weighted by Crippen LogP contribution is -2.16. The van der Waals surface area contributed by atoms with E-state index in [2.05, 4.69) is 110 Å². The van der Waals surface area contributed by atoms with Gasteiger partial charge in [-0.25, -0.2) is 0 Å². The first-order valence-corrected chi connectivity index (χ1v) is 16.2. The third kappa shape index (κ3) is 3.92. The van der Waals surface area contributed by atoms with Crippen molar-refractivity contribution in [1.82, 2.24) is 4.57 Å². The summed E-state index contributed by atoms with van der Waals surface area (Å²) in [5.41, 5.74) is 15.3. The van der Waals surface area contributed by atoms with Gasteiger partial charge in [0.15, 0.2) is 0 Å². The Morgan fingerprint density at radius 3 is 2.62 bits per heavy atom. The van der Waals surface area contributed by atoms with Crippen LogP contribution in [0.15, 0.2) is 113 Å². The molecule has 0 spiro atoms. The molecule has 0 saturated carbocycles. The van der Waals surface area contributed by atoms with Crippen molar-refractivity contribution in [2.24, 2.45) is 5.92 Å². The van der Waals surface area contributed by atoms with E-state index < -0.39 is 0 Å². The topological polar surface area (TPSA) is 65.7 Å². The summed E-state index contributed by atoms with van der Waals surface area (Å²) in [5, 5.41) is 23.0. The van der Waals surface area contributed by atoms with E-state index in [-0.39, 0.29) is 11.3 Å². The average molecular weight is 606 g/mol. The van der Waals surface area contributed by atoms with Crippen LogP contribution >= 0.6 is 0 Å². The van der Waals surface area contributed by atoms with Gasteiger partial charge in [-0.1, -0.05) is 80.6 Å². The third-order valence-electron chi connectivity index (χ3n) is 10.6. The van der Waals surface area contributed by atoms with Crippen molar-refractivity contribution < 1.29 is 4.42 Å². The minimum Gasteiger partial charge on any atom is -0.456 e. The van der Waals surface area contributed by atoms with Crippen LogP contribution in [0.5, 0.6) is 0 Å². The van der Waals surface area contributed by atoms with Gasteiger partial charge in [-0.2, -0.15) is 10.5 Å². The Hall–Kier alpha value is -5.84. The summed E-state index contributed by atoms with van der Waals surface area (Å²) in [6.07, 6.45) is 10.1. The molecule has 4 aromatic carbocycles. The minimum atomic E-state index is -0.124. The SMILES string of the molecule is C=C1C=CC2=C(C1)c1cc3c(cc1C2(C)C)oc1cccc(-c2cc(C#N)ccc2Cn2c4c(c5ccccc52)CC(C#N)C=C4)c13. The molecule has 0 amide bonds. The number of hydrogen-bond acceptors (Lipinski definition) is 3. The molecule has 4 heteroatoms. The molecular weight excluding hydrogens is 574 g/mol. The lowest BCUT2D eigenvalue weighted by Gasteiger charge is -2.24. The number of aromatic nitrogens is 1. The number of hydrogen-bond donors (Lipinski definition) is 0. The predicted molar refractivity (Wildman–Crippen MR) is 190 cm³/mol. The zero-order valence-electron chi connectivity index (χ0n) is 26.4. The highest BCUT2D eigenvalue weighted by molar-refractivity contribution is 6.14. The van der Waals surface area contributed by atoms with Crippen molar-refractivity contribution in [3.63, 3.8) is 0 Å². The number of rotatable bonds is 3. The Labute approximate surface area is 273 Å². The number of benzene rings is 4. The molecule has 0 radical (unpaired) electrons. The molecule has 0 bridgehead atoms. The van der Waals surface area contributed by atoms with E-state index in [1.807, 2.05) is 24.3 Å². The number of para-hydroxylation sites is 1. The van der Waals surface area contributed by atoms with E-state index in [9.17, 15) is 10.5 Å². The van der Waals surface area contributed by atoms with E-state index in [1.165, 1.54) is 33.2 Å². The van der Waals surface area contributed by atoms with Crippen LogP contribution in [0.3, 0.4) is 0 Å². The smallest absolute Gasteiger partial charge is 0.136 e. The van der Waals surface area contributed by atoms with Crippen molar-refractivity contribution in [3.05, 3.63) is 142 Å². The Morgan fingerprint density at radius 1 is 0.894 bits per heavy atom. The number of nitriles is 2. The number of nitrogens with zero attached hydrogens (tertiary/aromatic N) is 3. The average Bonchev–Trinajstić information content (AvgIpc) is 3.69. The van der Waals surface area contributed by atoms with Gasteiger partial charge >= 0.3 is 0 Å². The minimum absolute atomic E-state index is 0.119. The van der Waals surface area contributed by atoms with Crippen LogP contribution in [0.2, 0.25) is 0 Å². The first-order chi connectivity index (χ1) is 22.9. The van der Waals surface area contributed by atoms with Crippen molar-refractivity contribution >= 4 is 44.5 Å². The number of allylic oxidation sites excluding steroid dienone is 6. The highest BCUT2D eigenvalue weighted by atomic mass is 16.3. The van der Waals surface area contributed by atoms with Crippen LogP contribution in [-0.2, 0) is 18.4 Å². The highest BCUT2D eigenvalue weighted by Gasteiger charge is 2.38. The summed E-state index contributed by atoms with van der Waals surface area (Å²) >= 11 is 0. The molecule has 9 rings (SSSR count).